The second-order valence-corrected chi connectivity index (χ2v) is 7.17. The van der Waals surface area contributed by atoms with Gasteiger partial charge in [-0.2, -0.15) is 0 Å². The van der Waals surface area contributed by atoms with Crippen LogP contribution < -0.4 is 5.32 Å². The molecule has 1 N–H and O–H groups in total. The molecule has 0 bridgehead atoms. The first-order valence-corrected chi connectivity index (χ1v) is 8.59. The summed E-state index contributed by atoms with van der Waals surface area (Å²) in [5, 5.41) is 5.71. The summed E-state index contributed by atoms with van der Waals surface area (Å²) in [5.74, 6) is 0. The van der Waals surface area contributed by atoms with E-state index >= 15 is 0 Å². The molecule has 0 spiro atoms. The van der Waals surface area contributed by atoms with E-state index in [4.69, 9.17) is 4.74 Å². The Morgan fingerprint density at radius 1 is 1.63 bits per heavy atom. The third kappa shape index (κ3) is 5.16. The van der Waals surface area contributed by atoms with Crippen molar-refractivity contribution >= 4 is 27.3 Å². The van der Waals surface area contributed by atoms with Gasteiger partial charge < -0.3 is 15.0 Å². The van der Waals surface area contributed by atoms with E-state index in [1.807, 2.05) is 11.3 Å². The molecule has 1 aliphatic rings. The molecule has 19 heavy (non-hydrogen) atoms. The van der Waals surface area contributed by atoms with Crippen LogP contribution in [0.3, 0.4) is 0 Å². The number of halogens is 1. The number of nitrogens with zero attached hydrogens (tertiary/aromatic N) is 1. The van der Waals surface area contributed by atoms with Gasteiger partial charge in [0.1, 0.15) is 0 Å². The Morgan fingerprint density at radius 2 is 2.47 bits per heavy atom. The molecule has 0 aliphatic carbocycles. The van der Waals surface area contributed by atoms with Crippen molar-refractivity contribution < 1.29 is 4.74 Å². The highest BCUT2D eigenvalue weighted by molar-refractivity contribution is 9.10. The van der Waals surface area contributed by atoms with Crippen molar-refractivity contribution in [3.8, 4) is 0 Å². The lowest BCUT2D eigenvalue weighted by Gasteiger charge is -2.22. The SMILES string of the molecule is CC(NCCN(C)Cc1cc(Br)cs1)C1CCCO1. The van der Waals surface area contributed by atoms with Crippen molar-refractivity contribution in [3.05, 3.63) is 20.8 Å². The minimum atomic E-state index is 0.415. The van der Waals surface area contributed by atoms with Gasteiger partial charge in [-0.15, -0.1) is 11.3 Å². The Balaban J connectivity index is 1.62. The maximum Gasteiger partial charge on any atom is 0.0726 e. The van der Waals surface area contributed by atoms with Crippen LogP contribution >= 0.6 is 27.3 Å². The van der Waals surface area contributed by atoms with Gasteiger partial charge in [0.15, 0.2) is 0 Å². The normalized spacial score (nSPS) is 21.2. The van der Waals surface area contributed by atoms with Crippen LogP contribution in [-0.2, 0) is 11.3 Å². The topological polar surface area (TPSA) is 24.5 Å². The van der Waals surface area contributed by atoms with Crippen LogP contribution in [0.15, 0.2) is 15.9 Å². The predicted molar refractivity (Wildman–Crippen MR) is 84.8 cm³/mol. The number of hydrogen-bond acceptors (Lipinski definition) is 4. The number of rotatable bonds is 7. The molecule has 0 amide bonds. The quantitative estimate of drug-likeness (QED) is 0.820. The van der Waals surface area contributed by atoms with Crippen LogP contribution in [0.4, 0.5) is 0 Å². The molecule has 2 heterocycles. The summed E-state index contributed by atoms with van der Waals surface area (Å²) in [6, 6.07) is 2.66. The molecule has 1 aromatic heterocycles. The summed E-state index contributed by atoms with van der Waals surface area (Å²) in [6.07, 6.45) is 2.83. The first-order chi connectivity index (χ1) is 9.15. The molecule has 2 atom stereocenters. The van der Waals surface area contributed by atoms with Crippen molar-refractivity contribution in [2.45, 2.75) is 38.5 Å². The van der Waals surface area contributed by atoms with E-state index in [1.54, 1.807) is 0 Å². The van der Waals surface area contributed by atoms with E-state index < -0.39 is 0 Å². The van der Waals surface area contributed by atoms with Crippen LogP contribution in [-0.4, -0.2) is 43.8 Å². The Labute approximate surface area is 128 Å². The van der Waals surface area contributed by atoms with Crippen molar-refractivity contribution in [2.75, 3.05) is 26.7 Å². The first kappa shape index (κ1) is 15.4. The Bertz CT molecular complexity index is 379. The summed E-state index contributed by atoms with van der Waals surface area (Å²) in [7, 11) is 2.17. The summed E-state index contributed by atoms with van der Waals surface area (Å²) < 4.78 is 6.88. The molecule has 108 valence electrons. The molecule has 1 aliphatic heterocycles. The number of nitrogens with one attached hydrogen (secondary N) is 1. The lowest BCUT2D eigenvalue weighted by molar-refractivity contribution is 0.0829. The molecule has 5 heteroatoms. The molecule has 2 rings (SSSR count). The zero-order chi connectivity index (χ0) is 13.7. The summed E-state index contributed by atoms with van der Waals surface area (Å²) in [6.45, 7) is 6.26. The Morgan fingerprint density at radius 3 is 3.11 bits per heavy atom. The van der Waals surface area contributed by atoms with E-state index in [9.17, 15) is 0 Å². The molecule has 3 nitrogen and oxygen atoms in total. The number of thiophene rings is 1. The highest BCUT2D eigenvalue weighted by atomic mass is 79.9. The monoisotopic (exact) mass is 346 g/mol. The third-order valence-corrected chi connectivity index (χ3v) is 5.21. The van der Waals surface area contributed by atoms with Gasteiger partial charge in [0, 0.05) is 47.0 Å². The van der Waals surface area contributed by atoms with Crippen LogP contribution in [0.2, 0.25) is 0 Å². The average Bonchev–Trinajstić information content (AvgIpc) is 3.00. The van der Waals surface area contributed by atoms with Crippen molar-refractivity contribution in [2.24, 2.45) is 0 Å². The number of likely N-dealkylation sites (N-methyl/N-ethyl adjacent to an activating group) is 1. The summed E-state index contributed by atoms with van der Waals surface area (Å²) in [4.78, 5) is 3.76. The van der Waals surface area contributed by atoms with Gasteiger partial charge in [-0.3, -0.25) is 0 Å². The molecule has 2 unspecified atom stereocenters. The molecule has 0 aromatic carbocycles. The molecule has 1 fully saturated rings. The second kappa shape index (κ2) is 7.74. The van der Waals surface area contributed by atoms with E-state index in [1.165, 1.54) is 22.2 Å². The van der Waals surface area contributed by atoms with E-state index in [0.29, 0.717) is 12.1 Å². The molecule has 1 saturated heterocycles. The fourth-order valence-electron chi connectivity index (χ4n) is 2.39. The minimum absolute atomic E-state index is 0.415. The van der Waals surface area contributed by atoms with Crippen LogP contribution in [0.5, 0.6) is 0 Å². The maximum atomic E-state index is 5.69. The highest BCUT2D eigenvalue weighted by Crippen LogP contribution is 2.20. The fourth-order valence-corrected chi connectivity index (χ4v) is 3.92. The van der Waals surface area contributed by atoms with Crippen molar-refractivity contribution in [3.63, 3.8) is 0 Å². The van der Waals surface area contributed by atoms with E-state index in [-0.39, 0.29) is 0 Å². The van der Waals surface area contributed by atoms with Crippen LogP contribution in [0.1, 0.15) is 24.6 Å². The Hall–Kier alpha value is 0.0600. The lowest BCUT2D eigenvalue weighted by atomic mass is 10.1. The van der Waals surface area contributed by atoms with Crippen LogP contribution in [0, 0.1) is 0 Å². The molecule has 0 radical (unpaired) electrons. The smallest absolute Gasteiger partial charge is 0.0726 e. The van der Waals surface area contributed by atoms with Crippen molar-refractivity contribution in [1.82, 2.24) is 10.2 Å². The fraction of sp³-hybridized carbons (Fsp3) is 0.714. The van der Waals surface area contributed by atoms with Gasteiger partial charge in [-0.1, -0.05) is 0 Å². The van der Waals surface area contributed by atoms with Crippen LogP contribution in [0.25, 0.3) is 0 Å². The van der Waals surface area contributed by atoms with Gasteiger partial charge in [0.25, 0.3) is 0 Å². The van der Waals surface area contributed by atoms with E-state index in [0.717, 1.165) is 26.2 Å². The minimum Gasteiger partial charge on any atom is -0.377 e. The molecule has 0 saturated carbocycles. The lowest BCUT2D eigenvalue weighted by Crippen LogP contribution is -2.40. The van der Waals surface area contributed by atoms with Crippen molar-refractivity contribution in [1.29, 1.82) is 0 Å². The standard InChI is InChI=1S/C14H23BrN2OS/c1-11(14-4-3-7-18-14)16-5-6-17(2)9-13-8-12(15)10-19-13/h8,10-11,14,16H,3-7,9H2,1-2H3. The highest BCUT2D eigenvalue weighted by Gasteiger charge is 2.21. The van der Waals surface area contributed by atoms with Gasteiger partial charge >= 0.3 is 0 Å². The maximum absolute atomic E-state index is 5.69. The largest absolute Gasteiger partial charge is 0.377 e. The molecule has 1 aromatic rings. The molecular weight excluding hydrogens is 324 g/mol. The summed E-state index contributed by atoms with van der Waals surface area (Å²) >= 11 is 5.31. The number of hydrogen-bond donors (Lipinski definition) is 1. The van der Waals surface area contributed by atoms with Gasteiger partial charge in [0.05, 0.1) is 6.10 Å². The van der Waals surface area contributed by atoms with Gasteiger partial charge in [-0.25, -0.2) is 0 Å². The van der Waals surface area contributed by atoms with Gasteiger partial charge in [-0.05, 0) is 48.8 Å². The Kier molecular flexibility index (Phi) is 6.29. The zero-order valence-electron chi connectivity index (χ0n) is 11.7. The number of ether oxygens (including phenoxy) is 1. The molecular formula is C14H23BrN2OS. The first-order valence-electron chi connectivity index (χ1n) is 6.91. The zero-order valence-corrected chi connectivity index (χ0v) is 14.1. The average molecular weight is 347 g/mol. The van der Waals surface area contributed by atoms with E-state index in [2.05, 4.69) is 51.6 Å². The summed E-state index contributed by atoms with van der Waals surface area (Å²) in [5.41, 5.74) is 0. The predicted octanol–water partition coefficient (Wildman–Crippen LogP) is 3.10. The van der Waals surface area contributed by atoms with Gasteiger partial charge in [0.2, 0.25) is 0 Å². The third-order valence-electron chi connectivity index (χ3n) is 3.53. The second-order valence-electron chi connectivity index (χ2n) is 5.26.